The van der Waals surface area contributed by atoms with Crippen LogP contribution in [0.1, 0.15) is 47.2 Å². The quantitative estimate of drug-likeness (QED) is 0.620. The minimum Gasteiger partial charge on any atom is -0.405 e. The highest BCUT2D eigenvalue weighted by molar-refractivity contribution is 6.05. The molecule has 1 unspecified atom stereocenters. The Morgan fingerprint density at radius 3 is 2.50 bits per heavy atom. The summed E-state index contributed by atoms with van der Waals surface area (Å²) in [5.41, 5.74) is -1.60. The normalized spacial score (nSPS) is 23.9. The zero-order valence-electron chi connectivity index (χ0n) is 15.8. The van der Waals surface area contributed by atoms with E-state index in [-0.39, 0.29) is 48.9 Å². The average molecular weight is 427 g/mol. The second kappa shape index (κ2) is 7.24. The van der Waals surface area contributed by atoms with Crippen molar-refractivity contribution < 1.29 is 37.4 Å². The maximum absolute atomic E-state index is 13.2. The molecule has 1 atom stereocenters. The smallest absolute Gasteiger partial charge is 0.405 e. The summed E-state index contributed by atoms with van der Waals surface area (Å²) in [5, 5.41) is 16.2. The van der Waals surface area contributed by atoms with Gasteiger partial charge in [-0.05, 0) is 38.4 Å². The van der Waals surface area contributed by atoms with Crippen LogP contribution >= 0.6 is 0 Å². The van der Waals surface area contributed by atoms with Crippen LogP contribution in [0.25, 0.3) is 0 Å². The molecular weight excluding hydrogens is 407 g/mol. The number of ether oxygens (including phenoxy) is 1. The lowest BCUT2D eigenvalue weighted by atomic mass is 9.83. The molecule has 1 aromatic carbocycles. The number of halogens is 3. The van der Waals surface area contributed by atoms with E-state index in [0.717, 1.165) is 4.90 Å². The molecule has 0 radical (unpaired) electrons. The molecule has 3 amide bonds. The number of aliphatic hydroxyl groups is 1. The Balaban J connectivity index is 1.75. The first kappa shape index (κ1) is 20.6. The number of carbonyl (C=O) groups excluding carboxylic acids is 3. The van der Waals surface area contributed by atoms with Gasteiger partial charge in [-0.1, -0.05) is 6.07 Å². The number of alkyl halides is 3. The molecule has 0 bridgehead atoms. The number of nitrogens with one attached hydrogen (secondary N) is 2. The molecule has 3 heterocycles. The molecule has 8 nitrogen and oxygen atoms in total. The monoisotopic (exact) mass is 427 g/mol. The maximum atomic E-state index is 13.2. The van der Waals surface area contributed by atoms with Crippen molar-refractivity contribution >= 4 is 17.7 Å². The number of nitrogens with zero attached hydrogens (tertiary/aromatic N) is 1. The molecule has 0 aromatic heterocycles. The van der Waals surface area contributed by atoms with Crippen molar-refractivity contribution in [2.75, 3.05) is 13.1 Å². The minimum atomic E-state index is -5.03. The van der Waals surface area contributed by atoms with E-state index in [1.54, 1.807) is 0 Å². The summed E-state index contributed by atoms with van der Waals surface area (Å²) in [6.45, 7) is 0.550. The van der Waals surface area contributed by atoms with Gasteiger partial charge in [-0.15, -0.1) is 13.2 Å². The van der Waals surface area contributed by atoms with Crippen LogP contribution in [0.3, 0.4) is 0 Å². The first-order valence-corrected chi connectivity index (χ1v) is 9.59. The summed E-state index contributed by atoms with van der Waals surface area (Å²) in [7, 11) is 0. The van der Waals surface area contributed by atoms with Gasteiger partial charge in [0, 0.05) is 23.1 Å². The Labute approximate surface area is 169 Å². The van der Waals surface area contributed by atoms with E-state index in [0.29, 0.717) is 13.1 Å². The van der Waals surface area contributed by atoms with Crippen LogP contribution in [0.5, 0.6) is 5.75 Å². The Bertz CT molecular complexity index is 911. The summed E-state index contributed by atoms with van der Waals surface area (Å²) in [4.78, 5) is 37.6. The molecule has 0 spiro atoms. The first-order chi connectivity index (χ1) is 14.1. The molecule has 2 fully saturated rings. The van der Waals surface area contributed by atoms with E-state index in [9.17, 15) is 32.7 Å². The summed E-state index contributed by atoms with van der Waals surface area (Å²) >= 11 is 0. The Morgan fingerprint density at radius 1 is 1.17 bits per heavy atom. The highest BCUT2D eigenvalue weighted by Crippen LogP contribution is 2.44. The van der Waals surface area contributed by atoms with Crippen LogP contribution in [-0.4, -0.2) is 53.2 Å². The molecule has 2 saturated heterocycles. The molecule has 3 aliphatic rings. The fraction of sp³-hybridized carbons (Fsp3) is 0.526. The first-order valence-electron chi connectivity index (χ1n) is 9.59. The molecule has 4 rings (SSSR count). The van der Waals surface area contributed by atoms with Gasteiger partial charge in [-0.2, -0.15) is 0 Å². The molecular formula is C19H20F3N3O5. The standard InChI is InChI=1S/C19H20F3N3O5/c20-19(21,22)30-15-11-9-25(13-3-4-14(26)24-16(13)27)17(28)10(11)1-2-12(15)18(29)5-7-23-8-6-18/h1-2,13,23,29H,3-9H2,(H,24,26,27). The van der Waals surface area contributed by atoms with Gasteiger partial charge in [0.2, 0.25) is 11.8 Å². The molecule has 3 aliphatic heterocycles. The number of hydrogen-bond donors (Lipinski definition) is 3. The number of benzene rings is 1. The van der Waals surface area contributed by atoms with E-state index in [1.807, 2.05) is 0 Å². The lowest BCUT2D eigenvalue weighted by Crippen LogP contribution is -2.52. The molecule has 30 heavy (non-hydrogen) atoms. The van der Waals surface area contributed by atoms with E-state index in [1.165, 1.54) is 12.1 Å². The van der Waals surface area contributed by atoms with Gasteiger partial charge in [-0.3, -0.25) is 19.7 Å². The molecule has 162 valence electrons. The van der Waals surface area contributed by atoms with Gasteiger partial charge in [0.25, 0.3) is 5.91 Å². The van der Waals surface area contributed by atoms with Crippen LogP contribution in [0, 0.1) is 0 Å². The Morgan fingerprint density at radius 2 is 1.87 bits per heavy atom. The van der Waals surface area contributed by atoms with Gasteiger partial charge in [0.1, 0.15) is 11.8 Å². The summed E-state index contributed by atoms with van der Waals surface area (Å²) in [6, 6.07) is 1.69. The third-order valence-electron chi connectivity index (χ3n) is 5.82. The molecule has 0 saturated carbocycles. The van der Waals surface area contributed by atoms with Crippen molar-refractivity contribution in [1.29, 1.82) is 0 Å². The van der Waals surface area contributed by atoms with Crippen molar-refractivity contribution in [3.05, 3.63) is 28.8 Å². The highest BCUT2D eigenvalue weighted by Gasteiger charge is 2.45. The van der Waals surface area contributed by atoms with Crippen molar-refractivity contribution in [2.24, 2.45) is 0 Å². The number of rotatable bonds is 3. The average Bonchev–Trinajstić information content (AvgIpc) is 2.99. The van der Waals surface area contributed by atoms with Gasteiger partial charge in [0.05, 0.1) is 12.1 Å². The van der Waals surface area contributed by atoms with Crippen molar-refractivity contribution in [3.63, 3.8) is 0 Å². The van der Waals surface area contributed by atoms with E-state index in [4.69, 9.17) is 0 Å². The van der Waals surface area contributed by atoms with E-state index >= 15 is 0 Å². The van der Waals surface area contributed by atoms with Crippen LogP contribution < -0.4 is 15.4 Å². The zero-order valence-corrected chi connectivity index (χ0v) is 15.8. The van der Waals surface area contributed by atoms with Crippen molar-refractivity contribution in [2.45, 2.75) is 50.2 Å². The van der Waals surface area contributed by atoms with Gasteiger partial charge in [0.15, 0.2) is 0 Å². The molecule has 3 N–H and O–H groups in total. The predicted molar refractivity (Wildman–Crippen MR) is 95.2 cm³/mol. The van der Waals surface area contributed by atoms with E-state index in [2.05, 4.69) is 15.4 Å². The number of piperidine rings is 2. The second-order valence-electron chi connectivity index (χ2n) is 7.70. The van der Waals surface area contributed by atoms with Crippen molar-refractivity contribution in [3.8, 4) is 5.75 Å². The largest absolute Gasteiger partial charge is 0.573 e. The van der Waals surface area contributed by atoms with E-state index < -0.39 is 41.5 Å². The summed E-state index contributed by atoms with van der Waals surface area (Å²) in [6.07, 6.45) is -4.55. The number of hydrogen-bond acceptors (Lipinski definition) is 6. The Kier molecular flexibility index (Phi) is 4.97. The third-order valence-corrected chi connectivity index (χ3v) is 5.82. The van der Waals surface area contributed by atoms with Crippen LogP contribution in [0.2, 0.25) is 0 Å². The zero-order chi connectivity index (χ0) is 21.7. The summed E-state index contributed by atoms with van der Waals surface area (Å²) < 4.78 is 44.0. The van der Waals surface area contributed by atoms with Gasteiger partial charge >= 0.3 is 6.36 Å². The van der Waals surface area contributed by atoms with Crippen LogP contribution in [0.15, 0.2) is 12.1 Å². The van der Waals surface area contributed by atoms with Gasteiger partial charge < -0.3 is 20.1 Å². The van der Waals surface area contributed by atoms with Crippen LogP contribution in [0.4, 0.5) is 13.2 Å². The number of carbonyl (C=O) groups is 3. The number of amides is 3. The molecule has 11 heteroatoms. The third kappa shape index (κ3) is 3.63. The van der Waals surface area contributed by atoms with Crippen molar-refractivity contribution in [1.82, 2.24) is 15.5 Å². The SMILES string of the molecule is O=C1CCC(N2Cc3c(ccc(C4(O)CCNCC4)c3OC(F)(F)F)C2=O)C(=O)N1. The topological polar surface area (TPSA) is 108 Å². The predicted octanol–water partition coefficient (Wildman–Crippen LogP) is 0.917. The number of imide groups is 1. The lowest BCUT2D eigenvalue weighted by molar-refractivity contribution is -0.275. The lowest BCUT2D eigenvalue weighted by Gasteiger charge is -2.34. The number of fused-ring (bicyclic) bond motifs is 1. The molecule has 0 aliphatic carbocycles. The van der Waals surface area contributed by atoms with Gasteiger partial charge in [-0.25, -0.2) is 0 Å². The fourth-order valence-corrected chi connectivity index (χ4v) is 4.32. The molecule has 1 aromatic rings. The minimum absolute atomic E-state index is 0.0137. The summed E-state index contributed by atoms with van der Waals surface area (Å²) in [5.74, 6) is -2.33. The van der Waals surface area contributed by atoms with Crippen LogP contribution in [-0.2, 0) is 21.7 Å². The Hall–Kier alpha value is -2.66. The highest BCUT2D eigenvalue weighted by atomic mass is 19.4. The maximum Gasteiger partial charge on any atom is 0.573 e. The second-order valence-corrected chi connectivity index (χ2v) is 7.70. The fourth-order valence-electron chi connectivity index (χ4n) is 4.32.